The number of allylic oxidation sites excluding steroid dienone is 1. The Bertz CT molecular complexity index is 1080. The van der Waals surface area contributed by atoms with Crippen LogP contribution in [0.4, 0.5) is 13.2 Å². The van der Waals surface area contributed by atoms with Crippen LogP contribution >= 0.6 is 0 Å². The highest BCUT2D eigenvalue weighted by atomic mass is 19.4. The molecule has 0 saturated heterocycles. The van der Waals surface area contributed by atoms with Gasteiger partial charge in [-0.25, -0.2) is 4.79 Å². The lowest BCUT2D eigenvalue weighted by Crippen LogP contribution is -2.31. The van der Waals surface area contributed by atoms with Crippen molar-refractivity contribution >= 4 is 17.5 Å². The smallest absolute Gasteiger partial charge is 0.417 e. The molecular weight excluding hydrogens is 497 g/mol. The quantitative estimate of drug-likeness (QED) is 0.422. The molecule has 3 rings (SSSR count). The van der Waals surface area contributed by atoms with E-state index < -0.39 is 41.8 Å². The van der Waals surface area contributed by atoms with Crippen LogP contribution in [0.15, 0.2) is 48.3 Å². The van der Waals surface area contributed by atoms with Gasteiger partial charge in [0, 0.05) is 11.5 Å². The molecule has 8 nitrogen and oxygen atoms in total. The summed E-state index contributed by atoms with van der Waals surface area (Å²) in [6.45, 7) is 2.61. The second kappa shape index (κ2) is 12.3. The Labute approximate surface area is 212 Å². The molecule has 11 heteroatoms. The summed E-state index contributed by atoms with van der Waals surface area (Å²) in [5, 5.41) is 18.9. The van der Waals surface area contributed by atoms with Crippen LogP contribution in [-0.4, -0.2) is 60.8 Å². The van der Waals surface area contributed by atoms with Crippen molar-refractivity contribution in [1.29, 1.82) is 0 Å². The van der Waals surface area contributed by atoms with Gasteiger partial charge in [0.2, 0.25) is 0 Å². The molecule has 4 unspecified atom stereocenters. The van der Waals surface area contributed by atoms with Crippen LogP contribution in [0.1, 0.15) is 31.4 Å². The molecule has 37 heavy (non-hydrogen) atoms. The van der Waals surface area contributed by atoms with Gasteiger partial charge in [-0.1, -0.05) is 26.0 Å². The lowest BCUT2D eigenvalue weighted by Gasteiger charge is -2.30. The van der Waals surface area contributed by atoms with E-state index >= 15 is 0 Å². The third-order valence-corrected chi connectivity index (χ3v) is 5.83. The molecule has 1 heterocycles. The predicted molar refractivity (Wildman–Crippen MR) is 125 cm³/mol. The minimum absolute atomic E-state index is 0.0908. The Morgan fingerprint density at radius 3 is 2.62 bits per heavy atom. The second-order valence-corrected chi connectivity index (χ2v) is 8.64. The molecule has 4 atom stereocenters. The third-order valence-electron chi connectivity index (χ3n) is 5.83. The first-order valence-electron chi connectivity index (χ1n) is 11.8. The number of esters is 2. The summed E-state index contributed by atoms with van der Waals surface area (Å²) in [5.41, 5.74) is -1.64. The average molecular weight is 527 g/mol. The molecule has 1 aliphatic carbocycles. The molecule has 0 spiro atoms. The van der Waals surface area contributed by atoms with E-state index in [2.05, 4.69) is 0 Å². The van der Waals surface area contributed by atoms with Crippen LogP contribution in [0.5, 0.6) is 5.75 Å². The standard InChI is InChI=1S/C26H29F3O8/c1-3-15(2)24(32)36-14-17(31)13-35-19-5-4-16-10-21(25(33)37-23(16)12-19)20-7-6-18(34-9-8-30)11-22(20)26(27,28)29/h4-7,10-12,15-17,23,30-31H,3,8-9,13-14H2,1-2H3. The fourth-order valence-corrected chi connectivity index (χ4v) is 3.62. The Kier molecular flexibility index (Phi) is 9.39. The van der Waals surface area contributed by atoms with Crippen LogP contribution < -0.4 is 4.74 Å². The van der Waals surface area contributed by atoms with Gasteiger partial charge in [0.25, 0.3) is 0 Å². The molecule has 1 aromatic carbocycles. The normalized spacial score (nSPS) is 20.7. The van der Waals surface area contributed by atoms with E-state index in [4.69, 9.17) is 24.1 Å². The number of alkyl halides is 3. The number of hydrogen-bond acceptors (Lipinski definition) is 8. The van der Waals surface area contributed by atoms with E-state index in [0.717, 1.165) is 12.1 Å². The zero-order valence-corrected chi connectivity index (χ0v) is 20.4. The fourth-order valence-electron chi connectivity index (χ4n) is 3.62. The van der Waals surface area contributed by atoms with E-state index in [-0.39, 0.29) is 49.2 Å². The molecule has 0 saturated carbocycles. The lowest BCUT2D eigenvalue weighted by atomic mass is 9.88. The maximum atomic E-state index is 13.8. The number of carbonyl (C=O) groups excluding carboxylic acids is 2. The number of rotatable bonds is 11. The average Bonchev–Trinajstić information content (AvgIpc) is 2.87. The summed E-state index contributed by atoms with van der Waals surface area (Å²) in [4.78, 5) is 24.4. The molecule has 0 bridgehead atoms. The van der Waals surface area contributed by atoms with E-state index in [1.807, 2.05) is 6.92 Å². The highest BCUT2D eigenvalue weighted by Gasteiger charge is 2.39. The maximum Gasteiger partial charge on any atom is 0.417 e. The first-order chi connectivity index (χ1) is 17.5. The lowest BCUT2D eigenvalue weighted by molar-refractivity contribution is -0.151. The number of halogens is 3. The first kappa shape index (κ1) is 28.3. The summed E-state index contributed by atoms with van der Waals surface area (Å²) in [7, 11) is 0. The zero-order chi connectivity index (χ0) is 27.2. The zero-order valence-electron chi connectivity index (χ0n) is 20.4. The van der Waals surface area contributed by atoms with Crippen molar-refractivity contribution < 1.29 is 51.9 Å². The Hall–Kier alpha value is -3.31. The van der Waals surface area contributed by atoms with Crippen molar-refractivity contribution in [2.24, 2.45) is 11.8 Å². The number of benzene rings is 1. The van der Waals surface area contributed by atoms with E-state index in [1.165, 1.54) is 18.2 Å². The molecular formula is C26H29F3O8. The highest BCUT2D eigenvalue weighted by molar-refractivity contribution is 6.17. The van der Waals surface area contributed by atoms with Crippen molar-refractivity contribution in [3.63, 3.8) is 0 Å². The molecule has 2 aliphatic rings. The van der Waals surface area contributed by atoms with Gasteiger partial charge in [0.1, 0.15) is 43.5 Å². The van der Waals surface area contributed by atoms with E-state index in [0.29, 0.717) is 12.2 Å². The molecule has 0 fully saturated rings. The van der Waals surface area contributed by atoms with Crippen LogP contribution in [0.2, 0.25) is 0 Å². The number of hydrogen-bond donors (Lipinski definition) is 2. The van der Waals surface area contributed by atoms with Crippen LogP contribution in [0.3, 0.4) is 0 Å². The molecule has 202 valence electrons. The summed E-state index contributed by atoms with van der Waals surface area (Å²) >= 11 is 0. The van der Waals surface area contributed by atoms with E-state index in [9.17, 15) is 27.9 Å². The summed E-state index contributed by atoms with van der Waals surface area (Å²) in [6.07, 6.45) is 0.0356. The number of carbonyl (C=O) groups is 2. The molecule has 0 radical (unpaired) electrons. The van der Waals surface area contributed by atoms with Gasteiger partial charge >= 0.3 is 18.1 Å². The molecule has 1 aromatic rings. The van der Waals surface area contributed by atoms with Crippen LogP contribution in [0, 0.1) is 11.8 Å². The fraction of sp³-hybridized carbons (Fsp3) is 0.462. The molecule has 0 amide bonds. The van der Waals surface area contributed by atoms with Gasteiger partial charge in [0.15, 0.2) is 0 Å². The maximum absolute atomic E-state index is 13.8. The molecule has 0 aromatic heterocycles. The topological polar surface area (TPSA) is 112 Å². The summed E-state index contributed by atoms with van der Waals surface area (Å²) < 4.78 is 62.3. The third kappa shape index (κ3) is 7.36. The Morgan fingerprint density at radius 1 is 1.19 bits per heavy atom. The van der Waals surface area contributed by atoms with E-state index in [1.54, 1.807) is 19.1 Å². The minimum Gasteiger partial charge on any atom is -0.491 e. The Morgan fingerprint density at radius 2 is 1.95 bits per heavy atom. The van der Waals surface area contributed by atoms with Gasteiger partial charge in [-0.15, -0.1) is 0 Å². The largest absolute Gasteiger partial charge is 0.491 e. The van der Waals surface area contributed by atoms with Gasteiger partial charge in [-0.3, -0.25) is 4.79 Å². The second-order valence-electron chi connectivity index (χ2n) is 8.64. The number of fused-ring (bicyclic) bond motifs is 1. The van der Waals surface area contributed by atoms with Crippen LogP contribution in [-0.2, 0) is 30.0 Å². The van der Waals surface area contributed by atoms with Crippen LogP contribution in [0.25, 0.3) is 5.57 Å². The van der Waals surface area contributed by atoms with Crippen molar-refractivity contribution in [2.45, 2.75) is 38.7 Å². The van der Waals surface area contributed by atoms with Gasteiger partial charge in [-0.2, -0.15) is 13.2 Å². The number of aliphatic hydroxyl groups is 2. The van der Waals surface area contributed by atoms with Crippen molar-refractivity contribution in [3.8, 4) is 5.75 Å². The van der Waals surface area contributed by atoms with Gasteiger partial charge in [0.05, 0.1) is 23.7 Å². The van der Waals surface area contributed by atoms with Crippen molar-refractivity contribution in [1.82, 2.24) is 0 Å². The number of aliphatic hydroxyl groups excluding tert-OH is 2. The minimum atomic E-state index is -4.76. The van der Waals surface area contributed by atoms with Crippen molar-refractivity contribution in [2.75, 3.05) is 26.4 Å². The monoisotopic (exact) mass is 526 g/mol. The van der Waals surface area contributed by atoms with Gasteiger partial charge in [-0.05, 0) is 36.8 Å². The predicted octanol–water partition coefficient (Wildman–Crippen LogP) is 3.42. The van der Waals surface area contributed by atoms with Gasteiger partial charge < -0.3 is 29.2 Å². The molecule has 2 N–H and O–H groups in total. The summed E-state index contributed by atoms with van der Waals surface area (Å²) in [6, 6.07) is 3.20. The molecule has 1 aliphatic heterocycles. The first-order valence-corrected chi connectivity index (χ1v) is 11.8. The van der Waals surface area contributed by atoms with Crippen molar-refractivity contribution in [3.05, 3.63) is 59.4 Å². The highest BCUT2D eigenvalue weighted by Crippen LogP contribution is 2.40. The SMILES string of the molecule is CCC(C)C(=O)OCC(O)COC1=CC2OC(=O)C(c3ccc(OCCO)cc3C(F)(F)F)=CC2C=C1. The Balaban J connectivity index is 1.69. The summed E-state index contributed by atoms with van der Waals surface area (Å²) in [5.74, 6) is -1.96. The number of ether oxygens (including phenoxy) is 4.